The summed E-state index contributed by atoms with van der Waals surface area (Å²) in [5.74, 6) is 0. The fourth-order valence-electron chi connectivity index (χ4n) is 0.540. The normalized spacial score (nSPS) is 10.7. The van der Waals surface area contributed by atoms with Gasteiger partial charge in [0.1, 0.15) is 0 Å². The van der Waals surface area contributed by atoms with E-state index in [9.17, 15) is 0 Å². The third-order valence-electron chi connectivity index (χ3n) is 1.45. The average molecular weight is 137 g/mol. The van der Waals surface area contributed by atoms with Crippen LogP contribution >= 0.6 is 0 Å². The largest absolute Gasteiger partial charge is 1.00 e. The minimum absolute atomic E-state index is 0. The maximum absolute atomic E-state index is 4.51. The van der Waals surface area contributed by atoms with Gasteiger partial charge in [-0.15, -0.1) is 0 Å². The molecule has 0 aliphatic carbocycles. The van der Waals surface area contributed by atoms with E-state index < -0.39 is 8.24 Å². The molecule has 0 aromatic rings. The molecular formula is C6H16LiNSi. The standard InChI is InChI=1S/C6H16NSi.Li/c1-5-7-8(3,4)6-2;/h5-6H2,1-4H3;/q-1;+1. The Morgan fingerprint density at radius 3 is 1.78 bits per heavy atom. The van der Waals surface area contributed by atoms with Crippen LogP contribution in [0.2, 0.25) is 19.1 Å². The molecule has 0 saturated carbocycles. The molecule has 0 N–H and O–H groups in total. The van der Waals surface area contributed by atoms with Crippen LogP contribution in [0, 0.1) is 0 Å². The third kappa shape index (κ3) is 6.66. The monoisotopic (exact) mass is 137 g/mol. The number of hydrogen-bond donors (Lipinski definition) is 0. The molecule has 3 heteroatoms. The number of rotatable bonds is 3. The van der Waals surface area contributed by atoms with Crippen LogP contribution in [0.4, 0.5) is 0 Å². The zero-order chi connectivity index (χ0) is 6.62. The van der Waals surface area contributed by atoms with Crippen molar-refractivity contribution in [2.45, 2.75) is 33.0 Å². The molecule has 0 aliphatic heterocycles. The van der Waals surface area contributed by atoms with Crippen molar-refractivity contribution < 1.29 is 18.9 Å². The molecule has 0 bridgehead atoms. The van der Waals surface area contributed by atoms with Crippen molar-refractivity contribution in [3.8, 4) is 0 Å². The van der Waals surface area contributed by atoms with E-state index >= 15 is 0 Å². The van der Waals surface area contributed by atoms with Crippen molar-refractivity contribution in [1.82, 2.24) is 0 Å². The van der Waals surface area contributed by atoms with Crippen LogP contribution in [0.15, 0.2) is 0 Å². The first-order chi connectivity index (χ1) is 3.62. The summed E-state index contributed by atoms with van der Waals surface area (Å²) >= 11 is 0. The van der Waals surface area contributed by atoms with E-state index in [4.69, 9.17) is 0 Å². The number of hydrogen-bond acceptors (Lipinski definition) is 0. The first-order valence-electron chi connectivity index (χ1n) is 3.31. The molecule has 0 heterocycles. The zero-order valence-electron chi connectivity index (χ0n) is 7.36. The third-order valence-corrected chi connectivity index (χ3v) is 4.35. The molecule has 1 nitrogen and oxygen atoms in total. The Morgan fingerprint density at radius 1 is 1.22 bits per heavy atom. The fraction of sp³-hybridized carbons (Fsp3) is 1.00. The zero-order valence-corrected chi connectivity index (χ0v) is 8.36. The van der Waals surface area contributed by atoms with Crippen LogP contribution < -0.4 is 18.9 Å². The van der Waals surface area contributed by atoms with E-state index in [-0.39, 0.29) is 18.9 Å². The van der Waals surface area contributed by atoms with Crippen molar-refractivity contribution in [2.24, 2.45) is 0 Å². The van der Waals surface area contributed by atoms with Crippen LogP contribution in [0.5, 0.6) is 0 Å². The molecule has 0 radical (unpaired) electrons. The van der Waals surface area contributed by atoms with Crippen LogP contribution in [0.25, 0.3) is 4.98 Å². The molecule has 0 aliphatic rings. The van der Waals surface area contributed by atoms with E-state index in [1.807, 2.05) is 0 Å². The van der Waals surface area contributed by atoms with Gasteiger partial charge in [0, 0.05) is 0 Å². The van der Waals surface area contributed by atoms with Crippen LogP contribution in [-0.4, -0.2) is 14.8 Å². The molecular weight excluding hydrogens is 121 g/mol. The predicted molar refractivity (Wildman–Crippen MR) is 41.9 cm³/mol. The first kappa shape index (κ1) is 12.5. The van der Waals surface area contributed by atoms with Crippen LogP contribution in [0.1, 0.15) is 13.8 Å². The molecule has 0 aromatic carbocycles. The van der Waals surface area contributed by atoms with E-state index in [0.717, 1.165) is 6.54 Å². The summed E-state index contributed by atoms with van der Waals surface area (Å²) in [6, 6.07) is 1.28. The van der Waals surface area contributed by atoms with Crippen LogP contribution in [-0.2, 0) is 0 Å². The summed E-state index contributed by atoms with van der Waals surface area (Å²) in [5.41, 5.74) is 0. The molecule has 9 heavy (non-hydrogen) atoms. The number of nitrogens with zero attached hydrogens (tertiary/aromatic N) is 1. The van der Waals surface area contributed by atoms with Crippen molar-refractivity contribution in [2.75, 3.05) is 6.54 Å². The molecule has 0 spiro atoms. The summed E-state index contributed by atoms with van der Waals surface area (Å²) in [6.07, 6.45) is 0. The van der Waals surface area contributed by atoms with E-state index in [1.165, 1.54) is 6.04 Å². The Kier molecular flexibility index (Phi) is 7.68. The molecule has 50 valence electrons. The minimum atomic E-state index is -1.05. The molecule has 0 unspecified atom stereocenters. The van der Waals surface area contributed by atoms with Gasteiger partial charge in [-0.05, 0) is 0 Å². The predicted octanol–water partition coefficient (Wildman–Crippen LogP) is -0.391. The Labute approximate surface area is 71.9 Å². The summed E-state index contributed by atoms with van der Waals surface area (Å²) in [4.78, 5) is 4.51. The van der Waals surface area contributed by atoms with Crippen molar-refractivity contribution >= 4 is 8.24 Å². The van der Waals surface area contributed by atoms with Gasteiger partial charge in [-0.3, -0.25) is 0 Å². The topological polar surface area (TPSA) is 14.1 Å². The fourth-order valence-corrected chi connectivity index (χ4v) is 1.62. The molecule has 0 aromatic heterocycles. The Bertz CT molecular complexity index is 66.1. The van der Waals surface area contributed by atoms with Crippen LogP contribution in [0.3, 0.4) is 0 Å². The molecule has 0 rings (SSSR count). The Balaban J connectivity index is 0. The Morgan fingerprint density at radius 2 is 1.67 bits per heavy atom. The van der Waals surface area contributed by atoms with Gasteiger partial charge in [0.2, 0.25) is 0 Å². The quantitative estimate of drug-likeness (QED) is 0.470. The summed E-state index contributed by atoms with van der Waals surface area (Å²) in [6.45, 7) is 9.95. The molecule has 0 atom stereocenters. The van der Waals surface area contributed by atoms with Crippen molar-refractivity contribution in [1.29, 1.82) is 0 Å². The Hall–Kier alpha value is 0.774. The van der Waals surface area contributed by atoms with Gasteiger partial charge in [0.15, 0.2) is 0 Å². The van der Waals surface area contributed by atoms with Crippen molar-refractivity contribution in [3.05, 3.63) is 4.98 Å². The maximum Gasteiger partial charge on any atom is 1.00 e. The van der Waals surface area contributed by atoms with E-state index in [1.54, 1.807) is 0 Å². The summed E-state index contributed by atoms with van der Waals surface area (Å²) in [7, 11) is -1.05. The maximum atomic E-state index is 4.51. The molecule has 0 amide bonds. The van der Waals surface area contributed by atoms with Gasteiger partial charge in [-0.1, -0.05) is 41.2 Å². The van der Waals surface area contributed by atoms with E-state index in [0.29, 0.717) is 0 Å². The van der Waals surface area contributed by atoms with Crippen molar-refractivity contribution in [3.63, 3.8) is 0 Å². The smallest absolute Gasteiger partial charge is 0.665 e. The first-order valence-corrected chi connectivity index (χ1v) is 6.46. The SMILES string of the molecule is CC[N-][Si](C)(C)CC.[Li+]. The van der Waals surface area contributed by atoms with Gasteiger partial charge >= 0.3 is 18.9 Å². The van der Waals surface area contributed by atoms with Gasteiger partial charge in [0.05, 0.1) is 0 Å². The summed E-state index contributed by atoms with van der Waals surface area (Å²) in [5, 5.41) is 0. The minimum Gasteiger partial charge on any atom is -0.665 e. The van der Waals surface area contributed by atoms with Gasteiger partial charge in [0.25, 0.3) is 0 Å². The second-order valence-electron chi connectivity index (χ2n) is 2.64. The van der Waals surface area contributed by atoms with Gasteiger partial charge in [-0.2, -0.15) is 6.54 Å². The van der Waals surface area contributed by atoms with Gasteiger partial charge < -0.3 is 4.98 Å². The second kappa shape index (κ2) is 5.55. The summed E-state index contributed by atoms with van der Waals surface area (Å²) < 4.78 is 0. The molecule has 0 fully saturated rings. The average Bonchev–Trinajstić information content (AvgIpc) is 1.67. The van der Waals surface area contributed by atoms with E-state index in [2.05, 4.69) is 31.9 Å². The molecule has 0 saturated heterocycles. The van der Waals surface area contributed by atoms with Gasteiger partial charge in [-0.25, -0.2) is 0 Å². The second-order valence-corrected chi connectivity index (χ2v) is 7.29.